The molecule has 0 bridgehead atoms. The Morgan fingerprint density at radius 3 is 2.00 bits per heavy atom. The Bertz CT molecular complexity index is 1030. The van der Waals surface area contributed by atoms with Crippen LogP contribution in [0.2, 0.25) is 0 Å². The number of benzene rings is 3. The second-order valence-electron chi connectivity index (χ2n) is 6.59. The summed E-state index contributed by atoms with van der Waals surface area (Å²) in [7, 11) is 0. The number of nitrogens with one attached hydrogen (secondary N) is 4. The number of anilines is 3. The van der Waals surface area contributed by atoms with Gasteiger partial charge in [-0.3, -0.25) is 9.59 Å². The molecule has 3 aromatic rings. The molecule has 0 saturated carbocycles. The molecular formula is C23H22N4O3. The molecule has 152 valence electrons. The van der Waals surface area contributed by atoms with Gasteiger partial charge in [-0.15, -0.1) is 0 Å². The summed E-state index contributed by atoms with van der Waals surface area (Å²) in [5.41, 5.74) is 3.28. The third kappa shape index (κ3) is 6.20. The second kappa shape index (κ2) is 9.88. The fourth-order valence-corrected chi connectivity index (χ4v) is 2.77. The van der Waals surface area contributed by atoms with Crippen LogP contribution in [0.4, 0.5) is 21.9 Å². The number of amides is 4. The normalized spacial score (nSPS) is 10.0. The summed E-state index contributed by atoms with van der Waals surface area (Å²) < 4.78 is 0. The fourth-order valence-electron chi connectivity index (χ4n) is 2.77. The molecule has 3 rings (SSSR count). The number of para-hydroxylation sites is 1. The van der Waals surface area contributed by atoms with Gasteiger partial charge in [0, 0.05) is 36.1 Å². The van der Waals surface area contributed by atoms with Crippen molar-refractivity contribution in [2.75, 3.05) is 16.0 Å². The van der Waals surface area contributed by atoms with Crippen molar-refractivity contribution in [1.29, 1.82) is 0 Å². The summed E-state index contributed by atoms with van der Waals surface area (Å²) in [4.78, 5) is 35.6. The first-order chi connectivity index (χ1) is 14.5. The molecule has 0 atom stereocenters. The number of rotatable bonds is 6. The van der Waals surface area contributed by atoms with Gasteiger partial charge >= 0.3 is 6.03 Å². The second-order valence-corrected chi connectivity index (χ2v) is 6.59. The highest BCUT2D eigenvalue weighted by Crippen LogP contribution is 2.13. The Labute approximate surface area is 174 Å². The number of carbonyl (C=O) groups is 3. The Morgan fingerprint density at radius 1 is 0.700 bits per heavy atom. The van der Waals surface area contributed by atoms with Crippen molar-refractivity contribution in [2.45, 2.75) is 13.5 Å². The molecule has 0 heterocycles. The summed E-state index contributed by atoms with van der Waals surface area (Å²) in [6.07, 6.45) is 0. The van der Waals surface area contributed by atoms with Crippen molar-refractivity contribution in [3.8, 4) is 0 Å². The summed E-state index contributed by atoms with van der Waals surface area (Å²) in [5, 5.41) is 11.0. The smallest absolute Gasteiger partial charge is 0.323 e. The summed E-state index contributed by atoms with van der Waals surface area (Å²) in [6, 6.07) is 22.6. The van der Waals surface area contributed by atoms with E-state index in [2.05, 4.69) is 21.3 Å². The highest BCUT2D eigenvalue weighted by Gasteiger charge is 2.07. The van der Waals surface area contributed by atoms with E-state index < -0.39 is 0 Å². The number of hydrogen-bond donors (Lipinski definition) is 4. The highest BCUT2D eigenvalue weighted by atomic mass is 16.2. The van der Waals surface area contributed by atoms with Crippen LogP contribution in [0.5, 0.6) is 0 Å². The van der Waals surface area contributed by atoms with Gasteiger partial charge in [0.05, 0.1) is 0 Å². The van der Waals surface area contributed by atoms with Crippen LogP contribution in [0, 0.1) is 0 Å². The van der Waals surface area contributed by atoms with Crippen molar-refractivity contribution in [3.63, 3.8) is 0 Å². The van der Waals surface area contributed by atoms with Gasteiger partial charge in [0.15, 0.2) is 0 Å². The number of urea groups is 1. The van der Waals surface area contributed by atoms with Crippen LogP contribution in [-0.2, 0) is 11.3 Å². The Morgan fingerprint density at radius 2 is 1.33 bits per heavy atom. The molecule has 0 aliphatic rings. The molecule has 4 amide bonds. The van der Waals surface area contributed by atoms with E-state index in [1.54, 1.807) is 48.5 Å². The average Bonchev–Trinajstić information content (AvgIpc) is 2.73. The Hall–Kier alpha value is -4.13. The van der Waals surface area contributed by atoms with Crippen LogP contribution in [0.3, 0.4) is 0 Å². The quantitative estimate of drug-likeness (QED) is 0.497. The fraction of sp³-hybridized carbons (Fsp3) is 0.0870. The zero-order valence-corrected chi connectivity index (χ0v) is 16.4. The van der Waals surface area contributed by atoms with E-state index in [4.69, 9.17) is 0 Å². The van der Waals surface area contributed by atoms with E-state index in [1.807, 2.05) is 30.3 Å². The van der Waals surface area contributed by atoms with Gasteiger partial charge in [-0.2, -0.15) is 0 Å². The molecule has 3 aromatic carbocycles. The SMILES string of the molecule is CC(=O)Nc1cccc(CNC(=O)c2ccc(NC(=O)Nc3ccccc3)cc2)c1. The minimum Gasteiger partial charge on any atom is -0.348 e. The molecule has 0 aliphatic heterocycles. The summed E-state index contributed by atoms with van der Waals surface area (Å²) >= 11 is 0. The van der Waals surface area contributed by atoms with Crippen LogP contribution in [0.15, 0.2) is 78.9 Å². The summed E-state index contributed by atoms with van der Waals surface area (Å²) in [6.45, 7) is 1.77. The molecule has 7 heteroatoms. The van der Waals surface area contributed by atoms with Gasteiger partial charge in [-0.1, -0.05) is 30.3 Å². The topological polar surface area (TPSA) is 99.3 Å². The Kier molecular flexibility index (Phi) is 6.78. The van der Waals surface area contributed by atoms with Crippen molar-refractivity contribution in [1.82, 2.24) is 5.32 Å². The molecule has 30 heavy (non-hydrogen) atoms. The predicted octanol–water partition coefficient (Wildman–Crippen LogP) is 4.22. The maximum atomic E-state index is 12.4. The van der Waals surface area contributed by atoms with Crippen molar-refractivity contribution in [3.05, 3.63) is 90.0 Å². The van der Waals surface area contributed by atoms with E-state index in [9.17, 15) is 14.4 Å². The lowest BCUT2D eigenvalue weighted by atomic mass is 10.1. The lowest BCUT2D eigenvalue weighted by Gasteiger charge is -2.09. The summed E-state index contributed by atoms with van der Waals surface area (Å²) in [5.74, 6) is -0.387. The van der Waals surface area contributed by atoms with Crippen molar-refractivity contribution >= 4 is 34.9 Å². The van der Waals surface area contributed by atoms with Gasteiger partial charge in [0.2, 0.25) is 5.91 Å². The molecule has 7 nitrogen and oxygen atoms in total. The zero-order valence-electron chi connectivity index (χ0n) is 16.4. The Balaban J connectivity index is 1.52. The minimum atomic E-state index is -0.363. The monoisotopic (exact) mass is 402 g/mol. The van der Waals surface area contributed by atoms with Gasteiger partial charge in [0.1, 0.15) is 0 Å². The molecular weight excluding hydrogens is 380 g/mol. The molecule has 0 aromatic heterocycles. The minimum absolute atomic E-state index is 0.151. The molecule has 0 radical (unpaired) electrons. The first kappa shape index (κ1) is 20.6. The van der Waals surface area contributed by atoms with Crippen LogP contribution in [-0.4, -0.2) is 17.8 Å². The number of carbonyl (C=O) groups excluding carboxylic acids is 3. The maximum absolute atomic E-state index is 12.4. The molecule has 0 fully saturated rings. The van der Waals surface area contributed by atoms with Gasteiger partial charge in [0.25, 0.3) is 5.91 Å². The van der Waals surface area contributed by atoms with E-state index in [0.29, 0.717) is 29.2 Å². The molecule has 0 saturated heterocycles. The average molecular weight is 402 g/mol. The van der Waals surface area contributed by atoms with Crippen LogP contribution in [0.25, 0.3) is 0 Å². The molecule has 0 aliphatic carbocycles. The van der Waals surface area contributed by atoms with Gasteiger partial charge in [-0.25, -0.2) is 4.79 Å². The van der Waals surface area contributed by atoms with Gasteiger partial charge < -0.3 is 21.3 Å². The van der Waals surface area contributed by atoms with Crippen LogP contribution in [0.1, 0.15) is 22.8 Å². The van der Waals surface area contributed by atoms with E-state index in [-0.39, 0.29) is 17.8 Å². The van der Waals surface area contributed by atoms with Crippen molar-refractivity contribution in [2.24, 2.45) is 0 Å². The van der Waals surface area contributed by atoms with E-state index >= 15 is 0 Å². The molecule has 0 unspecified atom stereocenters. The standard InChI is InChI=1S/C23H22N4O3/c1-16(28)25-21-9-5-6-17(14-21)15-24-22(29)18-10-12-20(13-11-18)27-23(30)26-19-7-3-2-4-8-19/h2-14H,15H2,1H3,(H,24,29)(H,25,28)(H2,26,27,30). The molecule has 0 spiro atoms. The predicted molar refractivity (Wildman–Crippen MR) is 117 cm³/mol. The third-order valence-electron chi connectivity index (χ3n) is 4.14. The van der Waals surface area contributed by atoms with Crippen molar-refractivity contribution < 1.29 is 14.4 Å². The maximum Gasteiger partial charge on any atom is 0.323 e. The lowest BCUT2D eigenvalue weighted by molar-refractivity contribution is -0.114. The zero-order chi connectivity index (χ0) is 21.3. The third-order valence-corrected chi connectivity index (χ3v) is 4.14. The first-order valence-corrected chi connectivity index (χ1v) is 9.37. The van der Waals surface area contributed by atoms with E-state index in [1.165, 1.54) is 6.92 Å². The first-order valence-electron chi connectivity index (χ1n) is 9.37. The van der Waals surface area contributed by atoms with Gasteiger partial charge in [-0.05, 0) is 54.1 Å². The molecule has 4 N–H and O–H groups in total. The number of hydrogen-bond acceptors (Lipinski definition) is 3. The van der Waals surface area contributed by atoms with E-state index in [0.717, 1.165) is 5.56 Å². The largest absolute Gasteiger partial charge is 0.348 e. The highest BCUT2D eigenvalue weighted by molar-refractivity contribution is 6.00. The van der Waals surface area contributed by atoms with Crippen LogP contribution >= 0.6 is 0 Å². The van der Waals surface area contributed by atoms with Crippen LogP contribution < -0.4 is 21.3 Å². The lowest BCUT2D eigenvalue weighted by Crippen LogP contribution is -2.23.